The first kappa shape index (κ1) is 18.4. The molecule has 3 N–H and O–H groups in total. The first-order chi connectivity index (χ1) is 10.6. The van der Waals surface area contributed by atoms with E-state index in [0.29, 0.717) is 12.0 Å². The van der Waals surface area contributed by atoms with E-state index in [2.05, 4.69) is 15.0 Å². The minimum Gasteiger partial charge on any atom is -0.464 e. The van der Waals surface area contributed by atoms with Gasteiger partial charge in [-0.2, -0.15) is 0 Å². The zero-order valence-electron chi connectivity index (χ0n) is 13.6. The SMILES string of the molecule is COC(=O)c1ncc(CCNC(=O)OC(C)(C)C)cc1C(N)=O. The predicted octanol–water partition coefficient (Wildman–Crippen LogP) is 1.03. The number of amides is 2. The molecule has 1 aromatic heterocycles. The van der Waals surface area contributed by atoms with Gasteiger partial charge in [0.25, 0.3) is 5.91 Å². The molecule has 1 aromatic rings. The second-order valence-corrected chi connectivity index (χ2v) is 5.77. The van der Waals surface area contributed by atoms with Crippen molar-refractivity contribution in [3.63, 3.8) is 0 Å². The van der Waals surface area contributed by atoms with E-state index in [-0.39, 0.29) is 17.8 Å². The van der Waals surface area contributed by atoms with Gasteiger partial charge in [-0.15, -0.1) is 0 Å². The molecule has 126 valence electrons. The fourth-order valence-electron chi connectivity index (χ4n) is 1.71. The summed E-state index contributed by atoms with van der Waals surface area (Å²) >= 11 is 0. The number of carbonyl (C=O) groups is 3. The molecule has 0 aliphatic heterocycles. The van der Waals surface area contributed by atoms with Gasteiger partial charge in [-0.3, -0.25) is 4.79 Å². The molecule has 0 saturated carbocycles. The van der Waals surface area contributed by atoms with Crippen LogP contribution in [0, 0.1) is 0 Å². The molecule has 8 nitrogen and oxygen atoms in total. The molecule has 0 aromatic carbocycles. The van der Waals surface area contributed by atoms with Crippen LogP contribution >= 0.6 is 0 Å². The molecule has 8 heteroatoms. The van der Waals surface area contributed by atoms with E-state index in [9.17, 15) is 14.4 Å². The van der Waals surface area contributed by atoms with Crippen LogP contribution in [0.4, 0.5) is 4.79 Å². The van der Waals surface area contributed by atoms with Crippen molar-refractivity contribution in [3.8, 4) is 0 Å². The van der Waals surface area contributed by atoms with E-state index in [1.54, 1.807) is 20.8 Å². The van der Waals surface area contributed by atoms with Gasteiger partial charge in [0.1, 0.15) is 5.60 Å². The standard InChI is InChI=1S/C15H21N3O5/c1-15(2,3)23-14(21)17-6-5-9-7-10(12(16)19)11(18-8-9)13(20)22-4/h7-8H,5-6H2,1-4H3,(H2,16,19)(H,17,21). The summed E-state index contributed by atoms with van der Waals surface area (Å²) in [4.78, 5) is 38.4. The first-order valence-electron chi connectivity index (χ1n) is 6.98. The number of hydrogen-bond acceptors (Lipinski definition) is 6. The minimum absolute atomic E-state index is 0.0216. The molecule has 0 spiro atoms. The van der Waals surface area contributed by atoms with Crippen LogP contribution in [0.1, 0.15) is 47.2 Å². The van der Waals surface area contributed by atoms with Crippen molar-refractivity contribution in [1.82, 2.24) is 10.3 Å². The molecule has 0 bridgehead atoms. The van der Waals surface area contributed by atoms with Crippen molar-refractivity contribution >= 4 is 18.0 Å². The second kappa shape index (κ2) is 7.57. The summed E-state index contributed by atoms with van der Waals surface area (Å²) in [7, 11) is 1.19. The number of ether oxygens (including phenoxy) is 2. The lowest BCUT2D eigenvalue weighted by molar-refractivity contribution is 0.0527. The van der Waals surface area contributed by atoms with E-state index in [1.165, 1.54) is 19.4 Å². The van der Waals surface area contributed by atoms with Gasteiger partial charge in [-0.25, -0.2) is 14.6 Å². The van der Waals surface area contributed by atoms with Gasteiger partial charge in [-0.1, -0.05) is 0 Å². The Morgan fingerprint density at radius 2 is 1.96 bits per heavy atom. The number of esters is 1. The van der Waals surface area contributed by atoms with Crippen molar-refractivity contribution in [2.24, 2.45) is 5.73 Å². The average Bonchev–Trinajstić information content (AvgIpc) is 2.44. The van der Waals surface area contributed by atoms with Crippen LogP contribution < -0.4 is 11.1 Å². The molecule has 0 unspecified atom stereocenters. The van der Waals surface area contributed by atoms with Crippen LogP contribution in [-0.4, -0.2) is 42.2 Å². The fourth-order valence-corrected chi connectivity index (χ4v) is 1.71. The largest absolute Gasteiger partial charge is 0.464 e. The fraction of sp³-hybridized carbons (Fsp3) is 0.467. The van der Waals surface area contributed by atoms with E-state index in [0.717, 1.165) is 0 Å². The van der Waals surface area contributed by atoms with E-state index in [4.69, 9.17) is 10.5 Å². The topological polar surface area (TPSA) is 121 Å². The number of methoxy groups -OCH3 is 1. The summed E-state index contributed by atoms with van der Waals surface area (Å²) in [5.41, 5.74) is 5.15. The Labute approximate surface area is 134 Å². The van der Waals surface area contributed by atoms with Gasteiger partial charge in [0.05, 0.1) is 12.7 Å². The third-order valence-corrected chi connectivity index (χ3v) is 2.67. The van der Waals surface area contributed by atoms with Gasteiger partial charge in [-0.05, 0) is 38.8 Å². The zero-order valence-corrected chi connectivity index (χ0v) is 13.6. The van der Waals surface area contributed by atoms with Crippen molar-refractivity contribution in [2.75, 3.05) is 13.7 Å². The summed E-state index contributed by atoms with van der Waals surface area (Å²) < 4.78 is 9.64. The Morgan fingerprint density at radius 3 is 2.48 bits per heavy atom. The molecule has 1 heterocycles. The molecule has 2 amide bonds. The monoisotopic (exact) mass is 323 g/mol. The Morgan fingerprint density at radius 1 is 1.30 bits per heavy atom. The van der Waals surface area contributed by atoms with Crippen molar-refractivity contribution in [3.05, 3.63) is 29.1 Å². The number of nitrogens with one attached hydrogen (secondary N) is 1. The first-order valence-corrected chi connectivity index (χ1v) is 6.98. The number of hydrogen-bond donors (Lipinski definition) is 2. The van der Waals surface area contributed by atoms with Crippen LogP contribution in [0.25, 0.3) is 0 Å². The van der Waals surface area contributed by atoms with Gasteiger partial charge in [0.15, 0.2) is 5.69 Å². The molecule has 1 rings (SSSR count). The van der Waals surface area contributed by atoms with Crippen molar-refractivity contribution < 1.29 is 23.9 Å². The summed E-state index contributed by atoms with van der Waals surface area (Å²) in [6, 6.07) is 1.46. The number of nitrogens with zero attached hydrogens (tertiary/aromatic N) is 1. The lowest BCUT2D eigenvalue weighted by atomic mass is 10.1. The molecular weight excluding hydrogens is 302 g/mol. The molecule has 0 aliphatic rings. The number of primary amides is 1. The maximum atomic E-state index is 11.5. The molecular formula is C15H21N3O5. The maximum absolute atomic E-state index is 11.5. The quantitative estimate of drug-likeness (QED) is 0.781. The van der Waals surface area contributed by atoms with Crippen LogP contribution in [0.3, 0.4) is 0 Å². The van der Waals surface area contributed by atoms with Gasteiger partial charge < -0.3 is 20.5 Å². The number of pyridine rings is 1. The average molecular weight is 323 g/mol. The summed E-state index contributed by atoms with van der Waals surface area (Å²) in [5.74, 6) is -1.52. The second-order valence-electron chi connectivity index (χ2n) is 5.77. The van der Waals surface area contributed by atoms with Crippen LogP contribution in [-0.2, 0) is 15.9 Å². The lowest BCUT2D eigenvalue weighted by Gasteiger charge is -2.19. The van der Waals surface area contributed by atoms with Crippen molar-refractivity contribution in [1.29, 1.82) is 0 Å². The Bertz CT molecular complexity index is 608. The number of aromatic nitrogens is 1. The summed E-state index contributed by atoms with van der Waals surface area (Å²) in [5, 5.41) is 2.59. The maximum Gasteiger partial charge on any atom is 0.407 e. The predicted molar refractivity (Wildman–Crippen MR) is 82.0 cm³/mol. The molecule has 0 radical (unpaired) electrons. The van der Waals surface area contributed by atoms with Crippen LogP contribution in [0.15, 0.2) is 12.3 Å². The zero-order chi connectivity index (χ0) is 17.6. The van der Waals surface area contributed by atoms with Gasteiger partial charge in [0, 0.05) is 12.7 Å². The molecule has 0 fully saturated rings. The van der Waals surface area contributed by atoms with Crippen molar-refractivity contribution in [2.45, 2.75) is 32.8 Å². The third kappa shape index (κ3) is 5.93. The molecule has 23 heavy (non-hydrogen) atoms. The smallest absolute Gasteiger partial charge is 0.407 e. The van der Waals surface area contributed by atoms with Gasteiger partial charge in [0.2, 0.25) is 0 Å². The highest BCUT2D eigenvalue weighted by Gasteiger charge is 2.19. The van der Waals surface area contributed by atoms with Crippen LogP contribution in [0.5, 0.6) is 0 Å². The van der Waals surface area contributed by atoms with Crippen LogP contribution in [0.2, 0.25) is 0 Å². The normalized spacial score (nSPS) is 10.8. The summed E-state index contributed by atoms with van der Waals surface area (Å²) in [6.07, 6.45) is 1.29. The van der Waals surface area contributed by atoms with E-state index >= 15 is 0 Å². The number of carbonyl (C=O) groups excluding carboxylic acids is 3. The number of alkyl carbamates (subject to hydrolysis) is 1. The third-order valence-electron chi connectivity index (χ3n) is 2.67. The summed E-state index contributed by atoms with van der Waals surface area (Å²) in [6.45, 7) is 5.58. The Balaban J connectivity index is 2.72. The highest BCUT2D eigenvalue weighted by molar-refractivity contribution is 6.03. The Hall–Kier alpha value is -2.64. The highest BCUT2D eigenvalue weighted by atomic mass is 16.6. The number of rotatable bonds is 5. The lowest BCUT2D eigenvalue weighted by Crippen LogP contribution is -2.33. The minimum atomic E-state index is -0.778. The molecule has 0 saturated heterocycles. The van der Waals surface area contributed by atoms with E-state index < -0.39 is 23.6 Å². The molecule has 0 atom stereocenters. The number of nitrogens with two attached hydrogens (primary N) is 1. The Kier molecular flexibility index (Phi) is 6.06. The van der Waals surface area contributed by atoms with Gasteiger partial charge >= 0.3 is 12.1 Å². The highest BCUT2D eigenvalue weighted by Crippen LogP contribution is 2.11. The van der Waals surface area contributed by atoms with E-state index in [1.807, 2.05) is 0 Å². The molecule has 0 aliphatic carbocycles.